The van der Waals surface area contributed by atoms with E-state index in [1.54, 1.807) is 41.5 Å². The number of amides is 1. The van der Waals surface area contributed by atoms with Crippen LogP contribution in [0.15, 0.2) is 0 Å². The molecule has 1 amide bonds. The molecule has 0 aromatic rings. The number of hydrogen-bond donors (Lipinski definition) is 1. The van der Waals surface area contributed by atoms with Crippen LogP contribution in [0, 0.1) is 10.8 Å². The smallest absolute Gasteiger partial charge is 0.311 e. The van der Waals surface area contributed by atoms with Gasteiger partial charge >= 0.3 is 17.9 Å². The second kappa shape index (κ2) is 9.96. The van der Waals surface area contributed by atoms with Crippen LogP contribution in [0.5, 0.6) is 0 Å². The van der Waals surface area contributed by atoms with E-state index in [9.17, 15) is 19.2 Å². The monoisotopic (exact) mass is 449 g/mol. The molecule has 1 rings (SSSR count). The molecule has 5 atom stereocenters. The van der Waals surface area contributed by atoms with Crippen molar-refractivity contribution in [1.82, 2.24) is 5.32 Å². The lowest BCUT2D eigenvalue weighted by Crippen LogP contribution is -2.65. The highest BCUT2D eigenvalue weighted by Gasteiger charge is 2.51. The summed E-state index contributed by atoms with van der Waals surface area (Å²) in [5, 5.41) is 2.57. The molecule has 0 bridgehead atoms. The van der Waals surface area contributed by atoms with Crippen molar-refractivity contribution >= 4 is 35.4 Å². The van der Waals surface area contributed by atoms with E-state index in [1.165, 1.54) is 13.8 Å². The fourth-order valence-electron chi connectivity index (χ4n) is 2.56. The van der Waals surface area contributed by atoms with Gasteiger partial charge in [0.05, 0.1) is 10.8 Å². The molecule has 0 aromatic carbocycles. The molecule has 0 unspecified atom stereocenters. The summed E-state index contributed by atoms with van der Waals surface area (Å²) < 4.78 is 22.0. The Balaban J connectivity index is 3.25. The molecule has 1 aliphatic heterocycles. The van der Waals surface area contributed by atoms with Crippen LogP contribution in [0.1, 0.15) is 55.4 Å². The molecule has 1 heterocycles. The number of esters is 3. The van der Waals surface area contributed by atoms with E-state index >= 15 is 0 Å². The fourth-order valence-corrected chi connectivity index (χ4v) is 2.90. The second-order valence-electron chi connectivity index (χ2n) is 9.29. The highest BCUT2D eigenvalue weighted by atomic mass is 35.5. The molecular formula is C20H32ClNO8. The second-order valence-corrected chi connectivity index (χ2v) is 9.72. The lowest BCUT2D eigenvalue weighted by atomic mass is 9.94. The number of ether oxygens (including phenoxy) is 4. The van der Waals surface area contributed by atoms with E-state index in [1.807, 2.05) is 0 Å². The van der Waals surface area contributed by atoms with E-state index < -0.39 is 64.6 Å². The van der Waals surface area contributed by atoms with Crippen molar-refractivity contribution in [2.75, 3.05) is 6.61 Å². The summed E-state index contributed by atoms with van der Waals surface area (Å²) in [6, 6.07) is -0.986. The largest absolute Gasteiger partial charge is 0.462 e. The molecule has 0 aromatic heterocycles. The summed E-state index contributed by atoms with van der Waals surface area (Å²) in [4.78, 5) is 48.1. The number of rotatable bonds is 5. The van der Waals surface area contributed by atoms with Crippen LogP contribution >= 0.6 is 11.6 Å². The van der Waals surface area contributed by atoms with Crippen LogP contribution < -0.4 is 5.32 Å². The van der Waals surface area contributed by atoms with Gasteiger partial charge in [-0.25, -0.2) is 0 Å². The predicted octanol–water partition coefficient (Wildman–Crippen LogP) is 1.93. The molecule has 1 aliphatic rings. The third-order valence-electron chi connectivity index (χ3n) is 4.15. The van der Waals surface area contributed by atoms with E-state index in [2.05, 4.69) is 5.32 Å². The predicted molar refractivity (Wildman–Crippen MR) is 107 cm³/mol. The van der Waals surface area contributed by atoms with Gasteiger partial charge in [-0.05, 0) is 41.5 Å². The molecule has 1 N–H and O–H groups in total. The summed E-state index contributed by atoms with van der Waals surface area (Å²) in [5.41, 5.74) is -2.75. The SMILES string of the molecule is CC(=O)N[C@@H]1[C@@H](OC(C)=O)[C@H](OC(=O)C(C)(C)C)[C@@H](COC(=O)C(C)(C)C)O[C@@H]1Cl. The molecule has 10 heteroatoms. The maximum Gasteiger partial charge on any atom is 0.311 e. The van der Waals surface area contributed by atoms with Crippen LogP contribution in [0.3, 0.4) is 0 Å². The minimum Gasteiger partial charge on any atom is -0.462 e. The minimum atomic E-state index is -1.17. The Morgan fingerprint density at radius 2 is 1.43 bits per heavy atom. The summed E-state index contributed by atoms with van der Waals surface area (Å²) >= 11 is 6.29. The minimum absolute atomic E-state index is 0.286. The molecule has 9 nitrogen and oxygen atoms in total. The molecule has 172 valence electrons. The first-order valence-corrected chi connectivity index (χ1v) is 10.1. The third kappa shape index (κ3) is 7.43. The Bertz CT molecular complexity index is 667. The van der Waals surface area contributed by atoms with Gasteiger partial charge in [0.25, 0.3) is 0 Å². The Kier molecular flexibility index (Phi) is 8.69. The zero-order valence-electron chi connectivity index (χ0n) is 18.7. The van der Waals surface area contributed by atoms with Gasteiger partial charge in [-0.2, -0.15) is 0 Å². The molecule has 0 spiro atoms. The van der Waals surface area contributed by atoms with Crippen molar-refractivity contribution in [3.05, 3.63) is 0 Å². The average Bonchev–Trinajstić information content (AvgIpc) is 2.55. The highest BCUT2D eigenvalue weighted by molar-refractivity contribution is 6.20. The number of alkyl halides is 1. The van der Waals surface area contributed by atoms with Crippen LogP contribution in [0.4, 0.5) is 0 Å². The standard InChI is InChI=1S/C20H32ClNO8/c1-10(23)22-13-15(28-11(2)24)14(30-18(26)20(6,7)8)12(29-16(13)21)9-27-17(25)19(3,4)5/h12-16H,9H2,1-8H3,(H,22,23)/t12-,13-,14-,15-,16+/m1/s1. The zero-order valence-corrected chi connectivity index (χ0v) is 19.5. The van der Waals surface area contributed by atoms with E-state index in [0.29, 0.717) is 0 Å². The average molecular weight is 450 g/mol. The zero-order chi connectivity index (χ0) is 23.4. The van der Waals surface area contributed by atoms with Gasteiger partial charge in [-0.3, -0.25) is 19.2 Å². The normalized spacial score (nSPS) is 27.0. The Labute approximate surface area is 182 Å². The Hall–Kier alpha value is -1.87. The molecule has 30 heavy (non-hydrogen) atoms. The third-order valence-corrected chi connectivity index (χ3v) is 4.52. The summed E-state index contributed by atoms with van der Waals surface area (Å²) in [6.45, 7) is 12.2. The van der Waals surface area contributed by atoms with Crippen molar-refractivity contribution in [1.29, 1.82) is 0 Å². The van der Waals surface area contributed by atoms with Gasteiger partial charge in [0.1, 0.15) is 18.8 Å². The van der Waals surface area contributed by atoms with Crippen molar-refractivity contribution in [3.8, 4) is 0 Å². The first-order chi connectivity index (χ1) is 13.5. The van der Waals surface area contributed by atoms with Crippen molar-refractivity contribution in [2.24, 2.45) is 10.8 Å². The maximum atomic E-state index is 12.6. The fraction of sp³-hybridized carbons (Fsp3) is 0.800. The highest BCUT2D eigenvalue weighted by Crippen LogP contribution is 2.31. The molecule has 1 saturated heterocycles. The number of halogens is 1. The molecule has 1 fully saturated rings. The van der Waals surface area contributed by atoms with Gasteiger partial charge in [-0.15, -0.1) is 0 Å². The van der Waals surface area contributed by atoms with Crippen molar-refractivity contribution in [3.63, 3.8) is 0 Å². The van der Waals surface area contributed by atoms with Gasteiger partial charge < -0.3 is 24.3 Å². The van der Waals surface area contributed by atoms with Crippen LogP contribution in [0.25, 0.3) is 0 Å². The van der Waals surface area contributed by atoms with Gasteiger partial charge in [0, 0.05) is 13.8 Å². The van der Waals surface area contributed by atoms with Gasteiger partial charge in [-0.1, -0.05) is 11.6 Å². The first kappa shape index (κ1) is 26.2. The Morgan fingerprint density at radius 1 is 0.900 bits per heavy atom. The molecule has 0 saturated carbocycles. The quantitative estimate of drug-likeness (QED) is 0.384. The van der Waals surface area contributed by atoms with Crippen molar-refractivity contribution in [2.45, 2.75) is 85.3 Å². The lowest BCUT2D eigenvalue weighted by Gasteiger charge is -2.44. The molecular weight excluding hydrogens is 418 g/mol. The number of hydrogen-bond acceptors (Lipinski definition) is 8. The topological polar surface area (TPSA) is 117 Å². The molecule has 0 aliphatic carbocycles. The van der Waals surface area contributed by atoms with Crippen molar-refractivity contribution < 1.29 is 38.1 Å². The van der Waals surface area contributed by atoms with E-state index in [0.717, 1.165) is 0 Å². The van der Waals surface area contributed by atoms with Gasteiger partial charge in [0.15, 0.2) is 17.8 Å². The number of carbonyl (C=O) groups excluding carboxylic acids is 4. The molecule has 0 radical (unpaired) electrons. The lowest BCUT2D eigenvalue weighted by molar-refractivity contribution is -0.218. The van der Waals surface area contributed by atoms with Crippen LogP contribution in [0.2, 0.25) is 0 Å². The van der Waals surface area contributed by atoms with E-state index in [4.69, 9.17) is 30.5 Å². The summed E-state index contributed by atoms with van der Waals surface area (Å²) in [7, 11) is 0. The van der Waals surface area contributed by atoms with Crippen LogP contribution in [-0.2, 0) is 38.1 Å². The maximum absolute atomic E-state index is 12.6. The van der Waals surface area contributed by atoms with E-state index in [-0.39, 0.29) is 6.61 Å². The number of carbonyl (C=O) groups is 4. The van der Waals surface area contributed by atoms with Crippen LogP contribution in [-0.4, -0.2) is 60.3 Å². The number of nitrogens with one attached hydrogen (secondary N) is 1. The summed E-state index contributed by atoms with van der Waals surface area (Å²) in [5.74, 6) is -2.19. The first-order valence-electron chi connectivity index (χ1n) is 9.66. The summed E-state index contributed by atoms with van der Waals surface area (Å²) in [6.07, 6.45) is -3.33. The van der Waals surface area contributed by atoms with Gasteiger partial charge in [0.2, 0.25) is 5.91 Å². The Morgan fingerprint density at radius 3 is 1.87 bits per heavy atom.